The van der Waals surface area contributed by atoms with Crippen LogP contribution in [0.15, 0.2) is 115 Å². The van der Waals surface area contributed by atoms with Crippen LogP contribution >= 0.6 is 0 Å². The molecule has 6 aromatic rings. The molecule has 0 amide bonds. The SMILES string of the molecule is N#Cc1cccc(-c2ccc3cc(-c4cc5ccccc5c5ccccc45)ccc3c2)c1. The summed E-state index contributed by atoms with van der Waals surface area (Å²) >= 11 is 0. The van der Waals surface area contributed by atoms with E-state index in [1.54, 1.807) is 0 Å². The van der Waals surface area contributed by atoms with E-state index in [2.05, 4.69) is 103 Å². The standard InChI is InChI=1S/C31H19N/c32-20-21-6-5-8-22(16-21)23-12-13-25-18-27(15-14-24(25)17-23)31-19-26-7-1-2-9-28(26)29-10-3-4-11-30(29)31/h1-19H. The van der Waals surface area contributed by atoms with Crippen LogP contribution in [0.1, 0.15) is 5.56 Å². The van der Waals surface area contributed by atoms with Crippen molar-refractivity contribution in [2.45, 2.75) is 0 Å². The molecule has 32 heavy (non-hydrogen) atoms. The minimum absolute atomic E-state index is 0.682. The van der Waals surface area contributed by atoms with Gasteiger partial charge in [-0.15, -0.1) is 0 Å². The van der Waals surface area contributed by atoms with Gasteiger partial charge >= 0.3 is 0 Å². The van der Waals surface area contributed by atoms with Crippen molar-refractivity contribution in [1.82, 2.24) is 0 Å². The molecule has 148 valence electrons. The Hall–Kier alpha value is -4.41. The maximum Gasteiger partial charge on any atom is 0.0991 e. The van der Waals surface area contributed by atoms with Gasteiger partial charge in [-0.05, 0) is 84.9 Å². The number of nitrogens with zero attached hydrogens (tertiary/aromatic N) is 1. The van der Waals surface area contributed by atoms with E-state index < -0.39 is 0 Å². The summed E-state index contributed by atoms with van der Waals surface area (Å²) in [5.41, 5.74) is 5.35. The van der Waals surface area contributed by atoms with Crippen LogP contribution in [0.25, 0.3) is 54.6 Å². The monoisotopic (exact) mass is 405 g/mol. The van der Waals surface area contributed by atoms with E-state index in [4.69, 9.17) is 0 Å². The molecule has 1 heteroatoms. The molecule has 0 heterocycles. The first-order chi connectivity index (χ1) is 15.8. The second kappa shape index (κ2) is 7.38. The normalized spacial score (nSPS) is 11.1. The summed E-state index contributed by atoms with van der Waals surface area (Å²) < 4.78 is 0. The zero-order valence-electron chi connectivity index (χ0n) is 17.4. The Morgan fingerprint density at radius 3 is 1.91 bits per heavy atom. The van der Waals surface area contributed by atoms with E-state index in [-0.39, 0.29) is 0 Å². The van der Waals surface area contributed by atoms with E-state index in [0.29, 0.717) is 5.56 Å². The lowest BCUT2D eigenvalue weighted by atomic mass is 9.92. The molecule has 0 spiro atoms. The van der Waals surface area contributed by atoms with Crippen LogP contribution in [0.4, 0.5) is 0 Å². The van der Waals surface area contributed by atoms with Crippen molar-refractivity contribution >= 4 is 32.3 Å². The summed E-state index contributed by atoms with van der Waals surface area (Å²) in [5, 5.41) is 16.7. The fourth-order valence-corrected chi connectivity index (χ4v) is 4.65. The van der Waals surface area contributed by atoms with Crippen LogP contribution in [-0.2, 0) is 0 Å². The molecule has 0 saturated heterocycles. The van der Waals surface area contributed by atoms with Crippen LogP contribution in [0.3, 0.4) is 0 Å². The van der Waals surface area contributed by atoms with Crippen molar-refractivity contribution in [1.29, 1.82) is 5.26 Å². The first-order valence-electron chi connectivity index (χ1n) is 10.8. The summed E-state index contributed by atoms with van der Waals surface area (Å²) in [6.45, 7) is 0. The summed E-state index contributed by atoms with van der Waals surface area (Å²) in [4.78, 5) is 0. The van der Waals surface area contributed by atoms with Crippen molar-refractivity contribution in [3.05, 3.63) is 121 Å². The Morgan fingerprint density at radius 1 is 0.438 bits per heavy atom. The third-order valence-electron chi connectivity index (χ3n) is 6.24. The summed E-state index contributed by atoms with van der Waals surface area (Å²) in [5.74, 6) is 0. The van der Waals surface area contributed by atoms with Gasteiger partial charge in [0.2, 0.25) is 0 Å². The number of rotatable bonds is 2. The minimum atomic E-state index is 0.682. The lowest BCUT2D eigenvalue weighted by Crippen LogP contribution is -1.86. The Balaban J connectivity index is 1.52. The van der Waals surface area contributed by atoms with Gasteiger partial charge in [0.25, 0.3) is 0 Å². The first kappa shape index (κ1) is 18.4. The highest BCUT2D eigenvalue weighted by Crippen LogP contribution is 2.36. The molecule has 6 aromatic carbocycles. The molecule has 0 fully saturated rings. The largest absolute Gasteiger partial charge is 0.192 e. The van der Waals surface area contributed by atoms with Gasteiger partial charge in [0.15, 0.2) is 0 Å². The van der Waals surface area contributed by atoms with Gasteiger partial charge in [-0.25, -0.2) is 0 Å². The molecular formula is C31H19N. The van der Waals surface area contributed by atoms with Crippen LogP contribution in [0, 0.1) is 11.3 Å². The van der Waals surface area contributed by atoms with E-state index in [0.717, 1.165) is 11.1 Å². The summed E-state index contributed by atoms with van der Waals surface area (Å²) in [6, 6.07) is 42.8. The van der Waals surface area contributed by atoms with Crippen molar-refractivity contribution in [3.63, 3.8) is 0 Å². The van der Waals surface area contributed by atoms with Crippen molar-refractivity contribution < 1.29 is 0 Å². The zero-order chi connectivity index (χ0) is 21.5. The van der Waals surface area contributed by atoms with Gasteiger partial charge in [0.1, 0.15) is 0 Å². The van der Waals surface area contributed by atoms with E-state index in [9.17, 15) is 5.26 Å². The number of benzene rings is 6. The second-order valence-corrected chi connectivity index (χ2v) is 8.16. The maximum atomic E-state index is 9.21. The van der Waals surface area contributed by atoms with E-state index in [1.807, 2.05) is 18.2 Å². The molecule has 0 aliphatic rings. The lowest BCUT2D eigenvalue weighted by Gasteiger charge is -2.12. The van der Waals surface area contributed by atoms with Crippen LogP contribution in [0.2, 0.25) is 0 Å². The predicted molar refractivity (Wildman–Crippen MR) is 135 cm³/mol. The topological polar surface area (TPSA) is 23.8 Å². The molecule has 0 aliphatic carbocycles. The van der Waals surface area contributed by atoms with E-state index >= 15 is 0 Å². The second-order valence-electron chi connectivity index (χ2n) is 8.16. The number of hydrogen-bond donors (Lipinski definition) is 0. The van der Waals surface area contributed by atoms with E-state index in [1.165, 1.54) is 43.4 Å². The Kier molecular flexibility index (Phi) is 4.23. The average Bonchev–Trinajstić information content (AvgIpc) is 2.87. The van der Waals surface area contributed by atoms with Gasteiger partial charge < -0.3 is 0 Å². The first-order valence-corrected chi connectivity index (χ1v) is 10.8. The van der Waals surface area contributed by atoms with Crippen LogP contribution in [0.5, 0.6) is 0 Å². The molecule has 0 atom stereocenters. The molecule has 0 saturated carbocycles. The van der Waals surface area contributed by atoms with Gasteiger partial charge in [0, 0.05) is 0 Å². The van der Waals surface area contributed by atoms with Crippen molar-refractivity contribution in [2.24, 2.45) is 0 Å². The average molecular weight is 406 g/mol. The fourth-order valence-electron chi connectivity index (χ4n) is 4.65. The summed E-state index contributed by atoms with van der Waals surface area (Å²) in [7, 11) is 0. The lowest BCUT2D eigenvalue weighted by molar-refractivity contribution is 1.48. The molecule has 0 radical (unpaired) electrons. The smallest absolute Gasteiger partial charge is 0.0991 e. The number of nitriles is 1. The van der Waals surface area contributed by atoms with Gasteiger partial charge in [0.05, 0.1) is 11.6 Å². The number of fused-ring (bicyclic) bond motifs is 4. The predicted octanol–water partition coefficient (Wildman–Crippen LogP) is 8.35. The highest BCUT2D eigenvalue weighted by molar-refractivity contribution is 6.14. The maximum absolute atomic E-state index is 9.21. The third-order valence-corrected chi connectivity index (χ3v) is 6.24. The fraction of sp³-hybridized carbons (Fsp3) is 0. The quantitative estimate of drug-likeness (QED) is 0.266. The van der Waals surface area contributed by atoms with Crippen molar-refractivity contribution in [2.75, 3.05) is 0 Å². The molecule has 6 rings (SSSR count). The Bertz CT molecular complexity index is 1680. The van der Waals surface area contributed by atoms with Crippen molar-refractivity contribution in [3.8, 4) is 28.3 Å². The molecule has 1 nitrogen and oxygen atoms in total. The molecule has 0 N–H and O–H groups in total. The van der Waals surface area contributed by atoms with Gasteiger partial charge in [-0.1, -0.05) is 84.9 Å². The third kappa shape index (κ3) is 3.02. The van der Waals surface area contributed by atoms with Gasteiger partial charge in [-0.3, -0.25) is 0 Å². The number of hydrogen-bond acceptors (Lipinski definition) is 1. The Labute approximate surface area is 186 Å². The highest BCUT2D eigenvalue weighted by Gasteiger charge is 2.09. The molecule has 0 aliphatic heterocycles. The molecule has 0 unspecified atom stereocenters. The van der Waals surface area contributed by atoms with Gasteiger partial charge in [-0.2, -0.15) is 5.26 Å². The highest BCUT2D eigenvalue weighted by atomic mass is 14.2. The minimum Gasteiger partial charge on any atom is -0.192 e. The Morgan fingerprint density at radius 2 is 1.09 bits per heavy atom. The van der Waals surface area contributed by atoms with Crippen LogP contribution in [-0.4, -0.2) is 0 Å². The van der Waals surface area contributed by atoms with Crippen LogP contribution < -0.4 is 0 Å². The molecular weight excluding hydrogens is 386 g/mol. The zero-order valence-corrected chi connectivity index (χ0v) is 17.4. The molecule has 0 bridgehead atoms. The summed E-state index contributed by atoms with van der Waals surface area (Å²) in [6.07, 6.45) is 0. The molecule has 0 aromatic heterocycles.